The maximum Gasteiger partial charge on any atom is 0.133 e. The van der Waals surface area contributed by atoms with Crippen LogP contribution in [0, 0.1) is 23.5 Å². The third-order valence-electron chi connectivity index (χ3n) is 6.00. The van der Waals surface area contributed by atoms with Crippen molar-refractivity contribution in [1.82, 2.24) is 9.88 Å². The minimum atomic E-state index is -1.02. The summed E-state index contributed by atoms with van der Waals surface area (Å²) in [4.78, 5) is 6.58. The van der Waals surface area contributed by atoms with Gasteiger partial charge in [-0.3, -0.25) is 4.98 Å². The Bertz CT molecular complexity index is 778. The number of pyridine rings is 1. The molecule has 1 aliphatic carbocycles. The minimum absolute atomic E-state index is 0.00441. The Kier molecular flexibility index (Phi) is 4.86. The molecule has 0 radical (unpaired) electrons. The summed E-state index contributed by atoms with van der Waals surface area (Å²) in [6, 6.07) is 7.31. The molecule has 1 aromatic carbocycles. The molecule has 2 aromatic rings. The molecule has 2 heterocycles. The van der Waals surface area contributed by atoms with Crippen molar-refractivity contribution in [2.45, 2.75) is 31.3 Å². The second-order valence-electron chi connectivity index (χ2n) is 8.05. The summed E-state index contributed by atoms with van der Waals surface area (Å²) >= 11 is 0. The molecule has 1 saturated carbocycles. The fraction of sp³-hybridized carbons (Fsp3) is 0.476. The van der Waals surface area contributed by atoms with E-state index >= 15 is 0 Å². The van der Waals surface area contributed by atoms with Crippen LogP contribution in [0.5, 0.6) is 5.75 Å². The van der Waals surface area contributed by atoms with Gasteiger partial charge < -0.3 is 15.1 Å². The molecule has 2 N–H and O–H groups in total. The Balaban J connectivity index is 1.33. The monoisotopic (exact) mass is 374 g/mol. The smallest absolute Gasteiger partial charge is 0.133 e. The van der Waals surface area contributed by atoms with Gasteiger partial charge in [-0.25, -0.2) is 8.78 Å². The van der Waals surface area contributed by atoms with Crippen molar-refractivity contribution in [2.24, 2.45) is 11.8 Å². The van der Waals surface area contributed by atoms with Crippen molar-refractivity contribution >= 4 is 0 Å². The fourth-order valence-corrected chi connectivity index (χ4v) is 4.75. The standard InChI is InChI=1S/C21H24F2N2O2/c22-19-2-1-3-20(23)18(19)10-21(27)8-14-12-25(13-15(14)9-21)7-6-16-4-5-17(26)11-24-16/h1-5,11,14-15,26-27H,6-10,12-13H2/t14-,15+,21-. The van der Waals surface area contributed by atoms with Gasteiger partial charge in [0.15, 0.2) is 0 Å². The summed E-state index contributed by atoms with van der Waals surface area (Å²) in [6.07, 6.45) is 3.47. The van der Waals surface area contributed by atoms with Crippen LogP contribution in [0.15, 0.2) is 36.5 Å². The van der Waals surface area contributed by atoms with Gasteiger partial charge in [0, 0.05) is 43.7 Å². The number of nitrogens with zero attached hydrogens (tertiary/aromatic N) is 2. The molecule has 0 unspecified atom stereocenters. The van der Waals surface area contributed by atoms with Gasteiger partial charge in [0.05, 0.1) is 11.8 Å². The predicted octanol–water partition coefficient (Wildman–Crippen LogP) is 2.92. The maximum atomic E-state index is 13.9. The highest BCUT2D eigenvalue weighted by molar-refractivity contribution is 5.23. The largest absolute Gasteiger partial charge is 0.506 e. The van der Waals surface area contributed by atoms with E-state index in [4.69, 9.17) is 0 Å². The van der Waals surface area contributed by atoms with Gasteiger partial charge >= 0.3 is 0 Å². The minimum Gasteiger partial charge on any atom is -0.506 e. The summed E-state index contributed by atoms with van der Waals surface area (Å²) in [7, 11) is 0. The highest BCUT2D eigenvalue weighted by Gasteiger charge is 2.48. The van der Waals surface area contributed by atoms with Crippen LogP contribution in [0.4, 0.5) is 8.78 Å². The van der Waals surface area contributed by atoms with Crippen LogP contribution in [0.2, 0.25) is 0 Å². The molecular weight excluding hydrogens is 350 g/mol. The van der Waals surface area contributed by atoms with Gasteiger partial charge in [-0.15, -0.1) is 0 Å². The van der Waals surface area contributed by atoms with Crippen molar-refractivity contribution < 1.29 is 19.0 Å². The van der Waals surface area contributed by atoms with Crippen LogP contribution in [-0.4, -0.2) is 45.3 Å². The summed E-state index contributed by atoms with van der Waals surface area (Å²) in [5, 5.41) is 20.2. The molecule has 1 aromatic heterocycles. The maximum absolute atomic E-state index is 13.9. The van der Waals surface area contributed by atoms with Gasteiger partial charge in [0.2, 0.25) is 0 Å². The van der Waals surface area contributed by atoms with Crippen LogP contribution in [-0.2, 0) is 12.8 Å². The third kappa shape index (κ3) is 3.96. The molecule has 144 valence electrons. The van der Waals surface area contributed by atoms with Crippen molar-refractivity contribution in [2.75, 3.05) is 19.6 Å². The van der Waals surface area contributed by atoms with E-state index in [2.05, 4.69) is 9.88 Å². The molecule has 6 heteroatoms. The van der Waals surface area contributed by atoms with E-state index in [1.165, 1.54) is 24.4 Å². The molecule has 2 fully saturated rings. The number of aromatic nitrogens is 1. The molecule has 4 nitrogen and oxygen atoms in total. The third-order valence-corrected chi connectivity index (χ3v) is 6.00. The number of aromatic hydroxyl groups is 1. The number of hydrogen-bond donors (Lipinski definition) is 2. The summed E-state index contributed by atoms with van der Waals surface area (Å²) < 4.78 is 27.9. The number of aliphatic hydroxyl groups is 1. The number of likely N-dealkylation sites (tertiary alicyclic amines) is 1. The lowest BCUT2D eigenvalue weighted by Gasteiger charge is -2.26. The lowest BCUT2D eigenvalue weighted by Crippen LogP contribution is -2.33. The highest BCUT2D eigenvalue weighted by atomic mass is 19.1. The predicted molar refractivity (Wildman–Crippen MR) is 97.3 cm³/mol. The number of halogens is 2. The van der Waals surface area contributed by atoms with E-state index < -0.39 is 17.2 Å². The quantitative estimate of drug-likeness (QED) is 0.845. The van der Waals surface area contributed by atoms with Gasteiger partial charge in [0.1, 0.15) is 17.4 Å². The van der Waals surface area contributed by atoms with Gasteiger partial charge in [-0.2, -0.15) is 0 Å². The zero-order chi connectivity index (χ0) is 19.0. The lowest BCUT2D eigenvalue weighted by atomic mass is 9.90. The Labute approximate surface area is 157 Å². The zero-order valence-corrected chi connectivity index (χ0v) is 15.1. The first-order valence-corrected chi connectivity index (χ1v) is 9.43. The van der Waals surface area contributed by atoms with Gasteiger partial charge in [-0.05, 0) is 48.9 Å². The second kappa shape index (κ2) is 7.17. The molecular formula is C21H24F2N2O2. The summed E-state index contributed by atoms with van der Waals surface area (Å²) in [5.41, 5.74) is -0.0881. The first-order valence-electron chi connectivity index (χ1n) is 9.43. The van der Waals surface area contributed by atoms with E-state index in [1.54, 1.807) is 6.07 Å². The topological polar surface area (TPSA) is 56.6 Å². The fourth-order valence-electron chi connectivity index (χ4n) is 4.75. The van der Waals surface area contributed by atoms with Crippen molar-refractivity contribution in [3.63, 3.8) is 0 Å². The second-order valence-corrected chi connectivity index (χ2v) is 8.05. The Hall–Kier alpha value is -2.05. The van der Waals surface area contributed by atoms with Crippen molar-refractivity contribution in [1.29, 1.82) is 0 Å². The number of fused-ring (bicyclic) bond motifs is 1. The first-order chi connectivity index (χ1) is 12.9. The zero-order valence-electron chi connectivity index (χ0n) is 15.1. The Morgan fingerprint density at radius 3 is 2.33 bits per heavy atom. The first kappa shape index (κ1) is 18.3. The Morgan fingerprint density at radius 1 is 1.07 bits per heavy atom. The van der Waals surface area contributed by atoms with Crippen molar-refractivity contribution in [3.8, 4) is 5.75 Å². The van der Waals surface area contributed by atoms with E-state index in [9.17, 15) is 19.0 Å². The van der Waals surface area contributed by atoms with Crippen molar-refractivity contribution in [3.05, 3.63) is 59.4 Å². The van der Waals surface area contributed by atoms with E-state index in [-0.39, 0.29) is 17.7 Å². The number of hydrogen-bond acceptors (Lipinski definition) is 4. The van der Waals surface area contributed by atoms with E-state index in [1.807, 2.05) is 6.07 Å². The van der Waals surface area contributed by atoms with Crippen LogP contribution < -0.4 is 0 Å². The van der Waals surface area contributed by atoms with Crippen LogP contribution in [0.3, 0.4) is 0 Å². The normalized spacial score (nSPS) is 27.8. The number of rotatable bonds is 5. The van der Waals surface area contributed by atoms with E-state index in [0.29, 0.717) is 24.7 Å². The highest BCUT2D eigenvalue weighted by Crippen LogP contribution is 2.45. The number of benzene rings is 1. The van der Waals surface area contributed by atoms with E-state index in [0.717, 1.165) is 31.7 Å². The lowest BCUT2D eigenvalue weighted by molar-refractivity contribution is 0.0338. The Morgan fingerprint density at radius 2 is 1.74 bits per heavy atom. The molecule has 3 atom stereocenters. The SMILES string of the molecule is Oc1ccc(CCN2C[C@@H]3C[C@@](O)(Cc4c(F)cccc4F)C[C@@H]3C2)nc1. The van der Waals surface area contributed by atoms with Crippen LogP contribution in [0.1, 0.15) is 24.1 Å². The summed E-state index contributed by atoms with van der Waals surface area (Å²) in [6.45, 7) is 2.67. The molecule has 27 heavy (non-hydrogen) atoms. The molecule has 1 aliphatic heterocycles. The molecule has 1 saturated heterocycles. The van der Waals surface area contributed by atoms with Crippen LogP contribution in [0.25, 0.3) is 0 Å². The van der Waals surface area contributed by atoms with Gasteiger partial charge in [-0.1, -0.05) is 6.07 Å². The van der Waals surface area contributed by atoms with Gasteiger partial charge in [0.25, 0.3) is 0 Å². The van der Waals surface area contributed by atoms with Crippen LogP contribution >= 0.6 is 0 Å². The molecule has 0 spiro atoms. The molecule has 0 amide bonds. The molecule has 0 bridgehead atoms. The summed E-state index contributed by atoms with van der Waals surface area (Å²) in [5.74, 6) is -0.276. The average molecular weight is 374 g/mol. The molecule has 2 aliphatic rings. The average Bonchev–Trinajstić information content (AvgIpc) is 3.12. The molecule has 4 rings (SSSR count).